The van der Waals surface area contributed by atoms with E-state index >= 15 is 0 Å². The summed E-state index contributed by atoms with van der Waals surface area (Å²) in [6, 6.07) is 14.6. The maximum atomic E-state index is 13.0. The molecule has 24 heavy (non-hydrogen) atoms. The predicted octanol–water partition coefficient (Wildman–Crippen LogP) is 3.20. The van der Waals surface area contributed by atoms with Crippen LogP contribution in [0.2, 0.25) is 0 Å². The molecule has 0 N–H and O–H groups in total. The largest absolute Gasteiger partial charge is 0.375 e. The predicted molar refractivity (Wildman–Crippen MR) is 89.4 cm³/mol. The number of halogens is 1. The molecule has 0 aliphatic carbocycles. The van der Waals surface area contributed by atoms with Crippen molar-refractivity contribution in [1.82, 2.24) is 4.31 Å². The van der Waals surface area contributed by atoms with Crippen molar-refractivity contribution in [2.75, 3.05) is 13.2 Å². The Balaban J connectivity index is 1.65. The van der Waals surface area contributed by atoms with Gasteiger partial charge in [-0.15, -0.1) is 0 Å². The topological polar surface area (TPSA) is 46.6 Å². The van der Waals surface area contributed by atoms with Gasteiger partial charge >= 0.3 is 0 Å². The summed E-state index contributed by atoms with van der Waals surface area (Å²) in [5.74, 6) is -0.446. The van der Waals surface area contributed by atoms with Gasteiger partial charge in [-0.05, 0) is 42.7 Å². The molecule has 1 unspecified atom stereocenters. The summed E-state index contributed by atoms with van der Waals surface area (Å²) in [5.41, 5.74) is 1.06. The Bertz CT molecular complexity index is 763. The van der Waals surface area contributed by atoms with Crippen molar-refractivity contribution in [3.63, 3.8) is 0 Å². The first kappa shape index (κ1) is 17.1. The fourth-order valence-electron chi connectivity index (χ4n) is 2.92. The zero-order valence-electron chi connectivity index (χ0n) is 13.3. The number of nitrogens with zero attached hydrogens (tertiary/aromatic N) is 1. The molecule has 0 bridgehead atoms. The van der Waals surface area contributed by atoms with E-state index in [-0.39, 0.29) is 10.9 Å². The highest BCUT2D eigenvalue weighted by Crippen LogP contribution is 2.26. The molecule has 1 heterocycles. The van der Waals surface area contributed by atoms with E-state index in [0.717, 1.165) is 18.4 Å². The molecule has 0 aromatic heterocycles. The summed E-state index contributed by atoms with van der Waals surface area (Å²) in [7, 11) is -3.61. The summed E-state index contributed by atoms with van der Waals surface area (Å²) in [6.45, 7) is 1.29. The quantitative estimate of drug-likeness (QED) is 0.805. The molecule has 1 saturated heterocycles. The van der Waals surface area contributed by atoms with Crippen molar-refractivity contribution >= 4 is 10.0 Å². The van der Waals surface area contributed by atoms with Crippen LogP contribution in [-0.2, 0) is 21.4 Å². The van der Waals surface area contributed by atoms with Gasteiger partial charge in [0.1, 0.15) is 5.82 Å². The van der Waals surface area contributed by atoms with Crippen LogP contribution >= 0.6 is 0 Å². The number of sulfonamides is 1. The van der Waals surface area contributed by atoms with Crippen molar-refractivity contribution in [2.24, 2.45) is 0 Å². The van der Waals surface area contributed by atoms with Gasteiger partial charge in [0.2, 0.25) is 10.0 Å². The van der Waals surface area contributed by atoms with Gasteiger partial charge in [-0.3, -0.25) is 0 Å². The average Bonchev–Trinajstić information content (AvgIpc) is 3.06. The molecule has 1 aliphatic rings. The van der Waals surface area contributed by atoms with Crippen molar-refractivity contribution in [3.05, 3.63) is 66.0 Å². The molecule has 3 rings (SSSR count). The first-order valence-electron chi connectivity index (χ1n) is 7.96. The highest BCUT2D eigenvalue weighted by molar-refractivity contribution is 7.89. The minimum atomic E-state index is -3.61. The Labute approximate surface area is 141 Å². The van der Waals surface area contributed by atoms with Gasteiger partial charge in [0.25, 0.3) is 0 Å². The number of benzene rings is 2. The Morgan fingerprint density at radius 2 is 1.79 bits per heavy atom. The van der Waals surface area contributed by atoms with E-state index in [2.05, 4.69) is 0 Å². The van der Waals surface area contributed by atoms with Gasteiger partial charge in [0.15, 0.2) is 0 Å². The van der Waals surface area contributed by atoms with Crippen LogP contribution in [0.15, 0.2) is 59.5 Å². The van der Waals surface area contributed by atoms with Gasteiger partial charge in [-0.1, -0.05) is 30.3 Å². The molecule has 0 radical (unpaired) electrons. The van der Waals surface area contributed by atoms with E-state index in [1.807, 2.05) is 30.3 Å². The van der Waals surface area contributed by atoms with Crippen LogP contribution in [0.1, 0.15) is 18.4 Å². The summed E-state index contributed by atoms with van der Waals surface area (Å²) in [4.78, 5) is 0.124. The second-order valence-corrected chi connectivity index (χ2v) is 7.76. The zero-order chi connectivity index (χ0) is 17.0. The van der Waals surface area contributed by atoms with E-state index in [1.165, 1.54) is 28.6 Å². The van der Waals surface area contributed by atoms with Crippen molar-refractivity contribution in [1.29, 1.82) is 0 Å². The third-order valence-corrected chi connectivity index (χ3v) is 6.13. The highest BCUT2D eigenvalue weighted by atomic mass is 32.2. The summed E-state index contributed by atoms with van der Waals surface area (Å²) in [5, 5.41) is 0. The molecule has 0 spiro atoms. The molecule has 4 nitrogen and oxygen atoms in total. The van der Waals surface area contributed by atoms with Crippen molar-refractivity contribution < 1.29 is 17.5 Å². The number of rotatable bonds is 6. The summed E-state index contributed by atoms with van der Waals surface area (Å²) < 4.78 is 45.7. The molecule has 1 atom stereocenters. The van der Waals surface area contributed by atoms with Crippen molar-refractivity contribution in [2.45, 2.75) is 30.4 Å². The molecule has 0 saturated carbocycles. The molecule has 0 amide bonds. The second-order valence-electron chi connectivity index (χ2n) is 5.87. The molecule has 6 heteroatoms. The Morgan fingerprint density at radius 1 is 1.08 bits per heavy atom. The summed E-state index contributed by atoms with van der Waals surface area (Å²) >= 11 is 0. The number of ether oxygens (including phenoxy) is 1. The van der Waals surface area contributed by atoms with E-state index in [0.29, 0.717) is 19.8 Å². The van der Waals surface area contributed by atoms with Crippen LogP contribution in [0.3, 0.4) is 0 Å². The number of hydrogen-bond donors (Lipinski definition) is 0. The third kappa shape index (κ3) is 3.83. The molecular formula is C18H20FNO3S. The van der Waals surface area contributed by atoms with E-state index in [4.69, 9.17) is 4.74 Å². The average molecular weight is 349 g/mol. The van der Waals surface area contributed by atoms with Crippen LogP contribution in [0.4, 0.5) is 4.39 Å². The van der Waals surface area contributed by atoms with Gasteiger partial charge in [0.05, 0.1) is 18.1 Å². The molecule has 1 fully saturated rings. The van der Waals surface area contributed by atoms with Crippen LogP contribution < -0.4 is 0 Å². The van der Waals surface area contributed by atoms with Crippen LogP contribution in [-0.4, -0.2) is 31.9 Å². The van der Waals surface area contributed by atoms with Crippen LogP contribution in [0, 0.1) is 5.82 Å². The minimum Gasteiger partial charge on any atom is -0.375 e. The smallest absolute Gasteiger partial charge is 0.243 e. The van der Waals surface area contributed by atoms with Gasteiger partial charge in [-0.25, -0.2) is 12.8 Å². The number of hydrogen-bond acceptors (Lipinski definition) is 3. The molecule has 2 aromatic carbocycles. The van der Waals surface area contributed by atoms with E-state index in [1.54, 1.807) is 0 Å². The maximum Gasteiger partial charge on any atom is 0.243 e. The van der Waals surface area contributed by atoms with Crippen LogP contribution in [0.25, 0.3) is 0 Å². The van der Waals surface area contributed by atoms with E-state index < -0.39 is 15.8 Å². The third-order valence-electron chi connectivity index (χ3n) is 4.17. The molecule has 1 aliphatic heterocycles. The second kappa shape index (κ2) is 7.42. The van der Waals surface area contributed by atoms with Gasteiger partial charge in [-0.2, -0.15) is 4.31 Å². The SMILES string of the molecule is O=S(=O)(c1ccc(F)cc1)N1CCCC1COCc1ccccc1. The lowest BCUT2D eigenvalue weighted by atomic mass is 10.2. The monoisotopic (exact) mass is 349 g/mol. The molecular weight excluding hydrogens is 329 g/mol. The summed E-state index contributed by atoms with van der Waals surface area (Å²) in [6.07, 6.45) is 1.58. The van der Waals surface area contributed by atoms with Gasteiger partial charge in [0, 0.05) is 12.6 Å². The maximum absolute atomic E-state index is 13.0. The first-order valence-corrected chi connectivity index (χ1v) is 9.40. The standard InChI is InChI=1S/C18H20FNO3S/c19-16-8-10-18(11-9-16)24(21,22)20-12-4-7-17(20)14-23-13-15-5-2-1-3-6-15/h1-3,5-6,8-11,17H,4,7,12-14H2. The zero-order valence-corrected chi connectivity index (χ0v) is 14.1. The minimum absolute atomic E-state index is 0.124. The Hall–Kier alpha value is -1.76. The fourth-order valence-corrected chi connectivity index (χ4v) is 4.60. The fraction of sp³-hybridized carbons (Fsp3) is 0.333. The van der Waals surface area contributed by atoms with Gasteiger partial charge < -0.3 is 4.74 Å². The normalized spacial score (nSPS) is 18.8. The lowest BCUT2D eigenvalue weighted by molar-refractivity contribution is 0.0873. The highest BCUT2D eigenvalue weighted by Gasteiger charge is 2.35. The van der Waals surface area contributed by atoms with Crippen molar-refractivity contribution in [3.8, 4) is 0 Å². The molecule has 128 valence electrons. The Kier molecular flexibility index (Phi) is 5.28. The molecule has 2 aromatic rings. The van der Waals surface area contributed by atoms with Crippen LogP contribution in [0.5, 0.6) is 0 Å². The first-order chi connectivity index (χ1) is 11.6. The lowest BCUT2D eigenvalue weighted by Gasteiger charge is -2.24. The Morgan fingerprint density at radius 3 is 2.50 bits per heavy atom. The van der Waals surface area contributed by atoms with E-state index in [9.17, 15) is 12.8 Å². The lowest BCUT2D eigenvalue weighted by Crippen LogP contribution is -2.38.